The fourth-order valence-electron chi connectivity index (χ4n) is 1.64. The monoisotopic (exact) mass is 352 g/mol. The number of benzene rings is 2. The summed E-state index contributed by atoms with van der Waals surface area (Å²) in [6.07, 6.45) is 0. The highest BCUT2D eigenvalue weighted by Gasteiger charge is 1.99. The highest BCUT2D eigenvalue weighted by molar-refractivity contribution is 7.97. The van der Waals surface area contributed by atoms with Crippen LogP contribution in [0.4, 0.5) is 11.4 Å². The van der Waals surface area contributed by atoms with E-state index in [2.05, 4.69) is 12.6 Å². The largest absolute Gasteiger partial charge is 0.378 e. The second-order valence-electron chi connectivity index (χ2n) is 5.12. The highest BCUT2D eigenvalue weighted by atomic mass is 35.5. The lowest BCUT2D eigenvalue weighted by Crippen LogP contribution is -2.08. The van der Waals surface area contributed by atoms with E-state index >= 15 is 0 Å². The molecule has 2 aromatic rings. The van der Waals surface area contributed by atoms with Crippen LogP contribution >= 0.6 is 24.2 Å². The van der Waals surface area contributed by atoms with E-state index in [1.165, 1.54) is 5.69 Å². The minimum absolute atomic E-state index is 0. The van der Waals surface area contributed by atoms with Gasteiger partial charge in [-0.05, 0) is 48.5 Å². The molecule has 2 aromatic carbocycles. The summed E-state index contributed by atoms with van der Waals surface area (Å²) in [5, 5.41) is 0.589. The van der Waals surface area contributed by atoms with Crippen LogP contribution in [0.5, 0.6) is 0 Å². The van der Waals surface area contributed by atoms with Gasteiger partial charge in [0.2, 0.25) is 5.12 Å². The molecule has 0 heterocycles. The molecule has 0 aliphatic carbocycles. The van der Waals surface area contributed by atoms with Crippen molar-refractivity contribution in [1.29, 1.82) is 0 Å². The first-order valence-corrected chi connectivity index (χ1v) is 7.57. The van der Waals surface area contributed by atoms with Crippen molar-refractivity contribution in [1.82, 2.24) is 0 Å². The van der Waals surface area contributed by atoms with Crippen LogP contribution < -0.4 is 9.80 Å². The fraction of sp³-hybridized carbons (Fsp3) is 0.278. The van der Waals surface area contributed by atoms with Crippen molar-refractivity contribution in [3.8, 4) is 0 Å². The van der Waals surface area contributed by atoms with Crippen LogP contribution in [0.25, 0.3) is 0 Å². The molecule has 0 atom stereocenters. The summed E-state index contributed by atoms with van der Waals surface area (Å²) in [7, 11) is 7.92. The molecule has 0 unspecified atom stereocenters. The minimum atomic E-state index is -0.194. The number of nitrogens with zero attached hydrogens (tertiary/aromatic N) is 2. The van der Waals surface area contributed by atoms with Crippen molar-refractivity contribution in [2.45, 2.75) is 7.43 Å². The van der Waals surface area contributed by atoms with Crippen LogP contribution in [-0.2, 0) is 0 Å². The number of hydrogen-bond donors (Lipinski definition) is 1. The summed E-state index contributed by atoms with van der Waals surface area (Å²) in [5.41, 5.74) is 2.88. The van der Waals surface area contributed by atoms with Crippen LogP contribution in [0.1, 0.15) is 17.8 Å². The summed E-state index contributed by atoms with van der Waals surface area (Å²) in [4.78, 5) is 14.8. The van der Waals surface area contributed by atoms with E-state index < -0.39 is 0 Å². The summed E-state index contributed by atoms with van der Waals surface area (Å²) in [5.74, 6) is 0. The molecule has 0 aromatic heterocycles. The summed E-state index contributed by atoms with van der Waals surface area (Å²) >= 11 is 9.42. The van der Waals surface area contributed by atoms with Gasteiger partial charge in [0.1, 0.15) is 0 Å². The van der Waals surface area contributed by atoms with Crippen LogP contribution in [0, 0.1) is 0 Å². The molecular weight excluding hydrogens is 328 g/mol. The third kappa shape index (κ3) is 7.44. The Morgan fingerprint density at radius 1 is 0.826 bits per heavy atom. The van der Waals surface area contributed by atoms with Crippen molar-refractivity contribution in [2.24, 2.45) is 0 Å². The van der Waals surface area contributed by atoms with Crippen molar-refractivity contribution in [3.63, 3.8) is 0 Å². The predicted octanol–water partition coefficient (Wildman–Crippen LogP) is 4.86. The third-order valence-electron chi connectivity index (χ3n) is 2.97. The van der Waals surface area contributed by atoms with Gasteiger partial charge in [-0.25, -0.2) is 0 Å². The molecule has 3 nitrogen and oxygen atoms in total. The van der Waals surface area contributed by atoms with E-state index in [-0.39, 0.29) is 12.5 Å². The molecule has 23 heavy (non-hydrogen) atoms. The second kappa shape index (κ2) is 10.2. The molecule has 0 radical (unpaired) electrons. The highest BCUT2D eigenvalue weighted by Crippen LogP contribution is 2.15. The molecule has 0 saturated carbocycles. The SMILES string of the molecule is C.CN(C)c1ccc(C(=O)S)cc1.CN(C)c1ccc(Cl)cc1. The molecule has 2 rings (SSSR count). The molecule has 0 fully saturated rings. The molecule has 0 spiro atoms. The van der Waals surface area contributed by atoms with Gasteiger partial charge in [0.05, 0.1) is 0 Å². The van der Waals surface area contributed by atoms with Gasteiger partial charge in [-0.2, -0.15) is 0 Å². The molecular formula is C18H25ClN2OS. The first-order chi connectivity index (χ1) is 10.3. The first kappa shape index (κ1) is 21.4. The smallest absolute Gasteiger partial charge is 0.216 e. The van der Waals surface area contributed by atoms with Gasteiger partial charge in [-0.3, -0.25) is 4.79 Å². The second-order valence-corrected chi connectivity index (χ2v) is 5.96. The number of thiol groups is 1. The summed E-state index contributed by atoms with van der Waals surface area (Å²) in [6, 6.07) is 15.1. The standard InChI is InChI=1S/C9H11NOS.C8H10ClN.CH4/c1-10(2)8-5-3-7(4-6-8)9(11)12;1-10(2)8-5-3-7(9)4-6-8;/h3-6H,1-2H3,(H,11,12);3-6H,1-2H3;1H4. The number of halogens is 1. The molecule has 126 valence electrons. The van der Waals surface area contributed by atoms with Gasteiger partial charge in [0.15, 0.2) is 0 Å². The quantitative estimate of drug-likeness (QED) is 0.797. The molecule has 0 saturated heterocycles. The summed E-state index contributed by atoms with van der Waals surface area (Å²) in [6.45, 7) is 0. The van der Waals surface area contributed by atoms with Crippen LogP contribution in [-0.4, -0.2) is 33.3 Å². The average molecular weight is 353 g/mol. The number of carbonyl (C=O) groups is 1. The van der Waals surface area contributed by atoms with E-state index in [0.717, 1.165) is 10.7 Å². The maximum absolute atomic E-state index is 10.8. The van der Waals surface area contributed by atoms with E-state index in [4.69, 9.17) is 11.6 Å². The van der Waals surface area contributed by atoms with E-state index in [1.54, 1.807) is 12.1 Å². The Balaban J connectivity index is 0.000000409. The minimum Gasteiger partial charge on any atom is -0.378 e. The predicted molar refractivity (Wildman–Crippen MR) is 107 cm³/mol. The Hall–Kier alpha value is -1.65. The number of rotatable bonds is 3. The first-order valence-electron chi connectivity index (χ1n) is 6.75. The number of hydrogen-bond acceptors (Lipinski definition) is 3. The van der Waals surface area contributed by atoms with Gasteiger partial charge in [0.25, 0.3) is 0 Å². The maximum Gasteiger partial charge on any atom is 0.216 e. The van der Waals surface area contributed by atoms with Crippen LogP contribution in [0.15, 0.2) is 48.5 Å². The van der Waals surface area contributed by atoms with Crippen molar-refractivity contribution < 1.29 is 4.79 Å². The number of carbonyl (C=O) groups excluding carboxylic acids is 1. The lowest BCUT2D eigenvalue weighted by Gasteiger charge is -2.11. The van der Waals surface area contributed by atoms with E-state index in [1.807, 2.05) is 74.4 Å². The van der Waals surface area contributed by atoms with Gasteiger partial charge in [-0.1, -0.05) is 19.0 Å². The topological polar surface area (TPSA) is 23.6 Å². The molecule has 5 heteroatoms. The van der Waals surface area contributed by atoms with Crippen molar-refractivity contribution in [3.05, 3.63) is 59.1 Å². The van der Waals surface area contributed by atoms with Crippen molar-refractivity contribution >= 4 is 40.7 Å². The summed E-state index contributed by atoms with van der Waals surface area (Å²) < 4.78 is 0. The Morgan fingerprint density at radius 2 is 1.17 bits per heavy atom. The number of anilines is 2. The van der Waals surface area contributed by atoms with Gasteiger partial charge in [-0.15, -0.1) is 12.6 Å². The zero-order valence-corrected chi connectivity index (χ0v) is 14.9. The molecule has 0 bridgehead atoms. The molecule has 0 aliphatic rings. The maximum atomic E-state index is 10.8. The fourth-order valence-corrected chi connectivity index (χ4v) is 1.92. The average Bonchev–Trinajstić information content (AvgIpc) is 2.48. The van der Waals surface area contributed by atoms with Crippen molar-refractivity contribution in [2.75, 3.05) is 38.0 Å². The van der Waals surface area contributed by atoms with Crippen LogP contribution in [0.2, 0.25) is 5.02 Å². The zero-order valence-electron chi connectivity index (χ0n) is 13.2. The molecule has 0 aliphatic heterocycles. The molecule has 0 N–H and O–H groups in total. The molecule has 0 amide bonds. The third-order valence-corrected chi connectivity index (χ3v) is 3.48. The van der Waals surface area contributed by atoms with Gasteiger partial charge < -0.3 is 9.80 Å². The Labute approximate surface area is 150 Å². The normalized spacial score (nSPS) is 9.13. The Kier molecular flexibility index (Phi) is 9.46. The zero-order chi connectivity index (χ0) is 16.7. The Morgan fingerprint density at radius 3 is 1.48 bits per heavy atom. The van der Waals surface area contributed by atoms with Crippen LogP contribution in [0.3, 0.4) is 0 Å². The lowest BCUT2D eigenvalue weighted by atomic mass is 10.2. The Bertz CT molecular complexity index is 595. The van der Waals surface area contributed by atoms with Gasteiger partial charge in [0, 0.05) is 50.2 Å². The van der Waals surface area contributed by atoms with Gasteiger partial charge >= 0.3 is 0 Å². The lowest BCUT2D eigenvalue weighted by molar-refractivity contribution is 0.109. The van der Waals surface area contributed by atoms with E-state index in [9.17, 15) is 4.79 Å². The van der Waals surface area contributed by atoms with E-state index in [0.29, 0.717) is 5.56 Å².